The normalized spacial score (nSPS) is 53.4. The summed E-state index contributed by atoms with van der Waals surface area (Å²) >= 11 is 0. The van der Waals surface area contributed by atoms with E-state index in [0.29, 0.717) is 5.41 Å². The third-order valence-corrected chi connectivity index (χ3v) is 7.91. The Morgan fingerprint density at radius 2 is 2.00 bits per heavy atom. The SMILES string of the molecule is CCC12CC3CC4(C(N)=O)CC(c5ccccc5)(C1)C324. The minimum atomic E-state index is -0.153. The fourth-order valence-electron chi connectivity index (χ4n) is 7.78. The minimum Gasteiger partial charge on any atom is -0.369 e. The molecule has 4 saturated carbocycles. The molecule has 0 aromatic heterocycles. The van der Waals surface area contributed by atoms with Gasteiger partial charge in [0.1, 0.15) is 0 Å². The zero-order chi connectivity index (χ0) is 13.8. The molecule has 4 aliphatic carbocycles. The molecule has 104 valence electrons. The van der Waals surface area contributed by atoms with Crippen molar-refractivity contribution in [2.75, 3.05) is 0 Å². The van der Waals surface area contributed by atoms with Crippen LogP contribution in [0, 0.1) is 22.2 Å². The highest BCUT2D eigenvalue weighted by molar-refractivity contribution is 5.88. The highest BCUT2D eigenvalue weighted by Crippen LogP contribution is 3.01. The largest absolute Gasteiger partial charge is 0.369 e. The molecule has 2 N–H and O–H groups in total. The molecular weight excluding hydrogens is 246 g/mol. The highest BCUT2D eigenvalue weighted by Gasteiger charge is 2.99. The number of carbonyl (C=O) groups is 1. The number of rotatable bonds is 3. The predicted octanol–water partition coefficient (Wildman–Crippen LogP) is 3.01. The molecule has 0 radical (unpaired) electrons. The van der Waals surface area contributed by atoms with Crippen LogP contribution < -0.4 is 5.73 Å². The Kier molecular flexibility index (Phi) is 1.61. The van der Waals surface area contributed by atoms with Gasteiger partial charge in [-0.05, 0) is 49.0 Å². The minimum absolute atomic E-state index is 0.0162. The van der Waals surface area contributed by atoms with Crippen LogP contribution >= 0.6 is 0 Å². The van der Waals surface area contributed by atoms with Gasteiger partial charge in [-0.1, -0.05) is 37.3 Å². The zero-order valence-corrected chi connectivity index (χ0v) is 12.0. The van der Waals surface area contributed by atoms with Gasteiger partial charge < -0.3 is 5.73 Å². The molecule has 1 spiro atoms. The van der Waals surface area contributed by atoms with E-state index in [1.165, 1.54) is 24.8 Å². The molecular formula is C18H21NO. The van der Waals surface area contributed by atoms with Crippen LogP contribution in [0.4, 0.5) is 0 Å². The standard InChI is InChI=1S/C18H21NO/c1-2-15-8-13-9-16(14(19)20)11-17(10-15,18(13,15)16)12-6-4-3-5-7-12/h3-7,13H,2,8-11H2,1H3,(H2,19,20). The molecule has 0 aliphatic heterocycles. The van der Waals surface area contributed by atoms with E-state index in [1.54, 1.807) is 0 Å². The van der Waals surface area contributed by atoms with Crippen molar-refractivity contribution in [3.63, 3.8) is 0 Å². The summed E-state index contributed by atoms with van der Waals surface area (Å²) < 4.78 is 0. The molecule has 1 amide bonds. The van der Waals surface area contributed by atoms with Crippen molar-refractivity contribution >= 4 is 5.91 Å². The van der Waals surface area contributed by atoms with Gasteiger partial charge in [0.15, 0.2) is 0 Å². The van der Waals surface area contributed by atoms with E-state index < -0.39 is 0 Å². The Morgan fingerprint density at radius 3 is 2.60 bits per heavy atom. The number of hydrogen-bond donors (Lipinski definition) is 1. The highest BCUT2D eigenvalue weighted by atomic mass is 16.1. The van der Waals surface area contributed by atoms with Crippen LogP contribution in [-0.2, 0) is 10.2 Å². The van der Waals surface area contributed by atoms with Crippen LogP contribution in [0.3, 0.4) is 0 Å². The maximum atomic E-state index is 12.2. The number of benzene rings is 1. The van der Waals surface area contributed by atoms with E-state index in [2.05, 4.69) is 37.3 Å². The average Bonchev–Trinajstić information content (AvgIpc) is 2.37. The van der Waals surface area contributed by atoms with Gasteiger partial charge in [0.2, 0.25) is 5.91 Å². The molecule has 0 heterocycles. The summed E-state index contributed by atoms with van der Waals surface area (Å²) in [7, 11) is 0. The Morgan fingerprint density at radius 1 is 1.25 bits per heavy atom. The molecule has 20 heavy (non-hydrogen) atoms. The molecule has 2 nitrogen and oxygen atoms in total. The Balaban J connectivity index is 1.68. The van der Waals surface area contributed by atoms with E-state index in [-0.39, 0.29) is 22.2 Å². The molecule has 0 bridgehead atoms. The van der Waals surface area contributed by atoms with Crippen molar-refractivity contribution in [3.8, 4) is 0 Å². The summed E-state index contributed by atoms with van der Waals surface area (Å²) in [6.07, 6.45) is 5.92. The molecule has 2 heteroatoms. The molecule has 4 aliphatic rings. The molecule has 1 aromatic carbocycles. The van der Waals surface area contributed by atoms with E-state index in [0.717, 1.165) is 18.8 Å². The first-order valence-corrected chi connectivity index (χ1v) is 7.94. The van der Waals surface area contributed by atoms with Crippen molar-refractivity contribution < 1.29 is 4.79 Å². The Labute approximate surface area is 119 Å². The predicted molar refractivity (Wildman–Crippen MR) is 76.9 cm³/mol. The van der Waals surface area contributed by atoms with Crippen LogP contribution in [0.25, 0.3) is 0 Å². The topological polar surface area (TPSA) is 43.1 Å². The molecule has 5 rings (SSSR count). The molecule has 1 aromatic rings. The van der Waals surface area contributed by atoms with E-state index in [9.17, 15) is 4.79 Å². The molecule has 4 fully saturated rings. The van der Waals surface area contributed by atoms with E-state index in [4.69, 9.17) is 5.73 Å². The van der Waals surface area contributed by atoms with Gasteiger partial charge in [0.05, 0.1) is 5.41 Å². The first-order chi connectivity index (χ1) is 9.59. The second kappa shape index (κ2) is 2.84. The summed E-state index contributed by atoms with van der Waals surface area (Å²) in [4.78, 5) is 12.2. The third kappa shape index (κ3) is 0.699. The molecule has 5 atom stereocenters. The van der Waals surface area contributed by atoms with Gasteiger partial charge >= 0.3 is 0 Å². The molecule has 5 unspecified atom stereocenters. The van der Waals surface area contributed by atoms with Gasteiger partial charge in [-0.3, -0.25) is 4.79 Å². The van der Waals surface area contributed by atoms with Crippen LogP contribution in [0.5, 0.6) is 0 Å². The number of amides is 1. The second-order valence-corrected chi connectivity index (χ2v) is 7.80. The van der Waals surface area contributed by atoms with Gasteiger partial charge in [-0.15, -0.1) is 0 Å². The van der Waals surface area contributed by atoms with Crippen molar-refractivity contribution in [1.29, 1.82) is 0 Å². The summed E-state index contributed by atoms with van der Waals surface area (Å²) in [6.45, 7) is 2.31. The van der Waals surface area contributed by atoms with Gasteiger partial charge in [0.25, 0.3) is 0 Å². The van der Waals surface area contributed by atoms with Crippen LogP contribution in [0.1, 0.15) is 44.6 Å². The lowest BCUT2D eigenvalue weighted by Gasteiger charge is -2.99. The summed E-state index contributed by atoms with van der Waals surface area (Å²) in [5.41, 5.74) is 8.11. The van der Waals surface area contributed by atoms with Crippen LogP contribution in [0.2, 0.25) is 0 Å². The zero-order valence-electron chi connectivity index (χ0n) is 12.0. The molecule has 0 saturated heterocycles. The lowest BCUT2D eigenvalue weighted by Crippen LogP contribution is -2.97. The number of carbonyl (C=O) groups excluding carboxylic acids is 1. The van der Waals surface area contributed by atoms with Gasteiger partial charge in [-0.2, -0.15) is 0 Å². The maximum absolute atomic E-state index is 12.2. The number of nitrogens with two attached hydrogens (primary N) is 1. The quantitative estimate of drug-likeness (QED) is 0.898. The fraction of sp³-hybridized carbons (Fsp3) is 0.611. The number of primary amides is 1. The lowest BCUT2D eigenvalue weighted by molar-refractivity contribution is -0.477. The summed E-state index contributed by atoms with van der Waals surface area (Å²) in [5.74, 6) is 0.746. The monoisotopic (exact) mass is 267 g/mol. The van der Waals surface area contributed by atoms with Crippen LogP contribution in [0.15, 0.2) is 30.3 Å². The third-order valence-electron chi connectivity index (χ3n) is 7.91. The first kappa shape index (κ1) is 11.4. The fourth-order valence-corrected chi connectivity index (χ4v) is 7.78. The van der Waals surface area contributed by atoms with E-state index in [1.807, 2.05) is 0 Å². The van der Waals surface area contributed by atoms with Crippen molar-refractivity contribution in [2.45, 2.75) is 44.4 Å². The van der Waals surface area contributed by atoms with E-state index >= 15 is 0 Å². The Hall–Kier alpha value is -1.31. The van der Waals surface area contributed by atoms with Crippen molar-refractivity contribution in [2.24, 2.45) is 27.9 Å². The first-order valence-electron chi connectivity index (χ1n) is 7.94. The lowest BCUT2D eigenvalue weighted by atomic mass is 9.03. The van der Waals surface area contributed by atoms with Gasteiger partial charge in [-0.25, -0.2) is 0 Å². The van der Waals surface area contributed by atoms with Gasteiger partial charge in [0, 0.05) is 10.8 Å². The van der Waals surface area contributed by atoms with Crippen molar-refractivity contribution in [1.82, 2.24) is 0 Å². The van der Waals surface area contributed by atoms with Crippen LogP contribution in [-0.4, -0.2) is 5.91 Å². The van der Waals surface area contributed by atoms with Crippen molar-refractivity contribution in [3.05, 3.63) is 35.9 Å². The average molecular weight is 267 g/mol. The summed E-state index contributed by atoms with van der Waals surface area (Å²) in [5, 5.41) is 0. The number of hydrogen-bond acceptors (Lipinski definition) is 1. The summed E-state index contributed by atoms with van der Waals surface area (Å²) in [6, 6.07) is 10.9. The smallest absolute Gasteiger partial charge is 0.224 e. The maximum Gasteiger partial charge on any atom is 0.224 e. The Bertz CT molecular complexity index is 640. The second-order valence-electron chi connectivity index (χ2n) is 7.80.